The van der Waals surface area contributed by atoms with Crippen molar-refractivity contribution in [1.82, 2.24) is 5.32 Å². The number of hydrogen-bond donors (Lipinski definition) is 5. The summed E-state index contributed by atoms with van der Waals surface area (Å²) in [6.07, 6.45) is -0.729. The lowest BCUT2D eigenvalue weighted by molar-refractivity contribution is -0.173. The molecule has 1 amide bonds. The van der Waals surface area contributed by atoms with Crippen LogP contribution in [-0.2, 0) is 14.4 Å². The number of alkyl halides is 3. The number of carbonyl (C=O) groups excluding carboxylic acids is 1. The monoisotopic (exact) mass is 390 g/mol. The third-order valence-corrected chi connectivity index (χ3v) is 2.71. The van der Waals surface area contributed by atoms with Gasteiger partial charge in [-0.2, -0.15) is 13.2 Å². The fraction of sp³-hybridized carbons (Fsp3) is 0.800. The topological polar surface area (TPSA) is 150 Å². The Hall–Kier alpha value is -1.88. The number of nitrogens with one attached hydrogen (secondary N) is 1. The van der Waals surface area contributed by atoms with Crippen molar-refractivity contribution >= 4 is 17.8 Å². The maximum Gasteiger partial charge on any atom is 0.471 e. The molecular weight excluding hydrogens is 361 g/mol. The molecule has 0 aromatic rings. The van der Waals surface area contributed by atoms with E-state index in [9.17, 15) is 27.6 Å². The van der Waals surface area contributed by atoms with Crippen molar-refractivity contribution in [3.63, 3.8) is 0 Å². The number of carboxylic acid groups (broad SMARTS) is 2. The summed E-state index contributed by atoms with van der Waals surface area (Å²) in [5, 5.41) is 25.1. The molecule has 0 saturated carbocycles. The molecule has 0 aliphatic rings. The van der Waals surface area contributed by atoms with Crippen molar-refractivity contribution in [3.8, 4) is 0 Å². The Morgan fingerprint density at radius 2 is 1.27 bits per heavy atom. The number of carbonyl (C=O) groups is 3. The van der Waals surface area contributed by atoms with Gasteiger partial charge in [0.25, 0.3) is 0 Å². The molecule has 0 unspecified atom stereocenters. The first-order valence-electron chi connectivity index (χ1n) is 8.04. The average molecular weight is 390 g/mol. The molecule has 0 aliphatic carbocycles. The Morgan fingerprint density at radius 1 is 0.846 bits per heavy atom. The molecular formula is C15H29F3N2O6. The predicted octanol–water partition coefficient (Wildman–Crippen LogP) is 1.51. The van der Waals surface area contributed by atoms with Crippen molar-refractivity contribution in [3.05, 3.63) is 0 Å². The molecule has 26 heavy (non-hydrogen) atoms. The number of halogens is 3. The number of carboxylic acids is 2. The molecule has 0 saturated heterocycles. The number of rotatable bonds is 11. The summed E-state index contributed by atoms with van der Waals surface area (Å²) in [6, 6.07) is 0. The van der Waals surface area contributed by atoms with Gasteiger partial charge in [-0.25, -0.2) is 0 Å². The molecule has 8 nitrogen and oxygen atoms in total. The van der Waals surface area contributed by atoms with E-state index in [1.54, 1.807) is 5.32 Å². The molecule has 0 rings (SSSR count). The lowest BCUT2D eigenvalue weighted by Crippen LogP contribution is -2.37. The van der Waals surface area contributed by atoms with Crippen LogP contribution in [0.2, 0.25) is 0 Å². The number of amides is 1. The first kappa shape index (κ1) is 28.9. The average Bonchev–Trinajstić information content (AvgIpc) is 2.56. The fourth-order valence-corrected chi connectivity index (χ4v) is 1.48. The van der Waals surface area contributed by atoms with Crippen LogP contribution < -0.4 is 11.1 Å². The van der Waals surface area contributed by atoms with Crippen LogP contribution >= 0.6 is 0 Å². The van der Waals surface area contributed by atoms with Gasteiger partial charge in [-0.3, -0.25) is 14.4 Å². The van der Waals surface area contributed by atoms with Crippen LogP contribution in [-0.4, -0.2) is 59.5 Å². The molecule has 0 aromatic heterocycles. The smallest absolute Gasteiger partial charge is 0.471 e. The van der Waals surface area contributed by atoms with Gasteiger partial charge in [0.2, 0.25) is 0 Å². The summed E-state index contributed by atoms with van der Waals surface area (Å²) in [5.74, 6) is -3.61. The molecule has 11 heteroatoms. The number of aliphatic hydroxyl groups excluding tert-OH is 1. The number of aliphatic hydroxyl groups is 1. The lowest BCUT2D eigenvalue weighted by atomic mass is 10.2. The molecule has 0 radical (unpaired) electrons. The second-order valence-corrected chi connectivity index (χ2v) is 4.95. The van der Waals surface area contributed by atoms with Crippen LogP contribution in [0.5, 0.6) is 0 Å². The highest BCUT2D eigenvalue weighted by molar-refractivity contribution is 5.81. The molecule has 0 spiro atoms. The van der Waals surface area contributed by atoms with Crippen LogP contribution in [0.1, 0.15) is 51.4 Å². The maximum atomic E-state index is 11.6. The minimum Gasteiger partial charge on any atom is -0.481 e. The van der Waals surface area contributed by atoms with Crippen molar-refractivity contribution in [2.75, 3.05) is 20.2 Å². The number of aliphatic carboxylic acids is 2. The number of hydrogen-bond acceptors (Lipinski definition) is 5. The third kappa shape index (κ3) is 27.0. The van der Waals surface area contributed by atoms with Gasteiger partial charge < -0.3 is 26.4 Å². The first-order chi connectivity index (χ1) is 12.1. The molecule has 0 heterocycles. The van der Waals surface area contributed by atoms with Crippen LogP contribution in [0.25, 0.3) is 0 Å². The third-order valence-electron chi connectivity index (χ3n) is 2.71. The van der Waals surface area contributed by atoms with Crippen molar-refractivity contribution in [2.24, 2.45) is 5.73 Å². The van der Waals surface area contributed by atoms with Crippen molar-refractivity contribution in [1.29, 1.82) is 0 Å². The van der Waals surface area contributed by atoms with E-state index in [0.29, 0.717) is 25.8 Å². The Kier molecular flexibility index (Phi) is 21.6. The Morgan fingerprint density at radius 3 is 1.62 bits per heavy atom. The summed E-state index contributed by atoms with van der Waals surface area (Å²) in [5.41, 5.74) is 5.20. The van der Waals surface area contributed by atoms with E-state index in [0.717, 1.165) is 26.4 Å². The van der Waals surface area contributed by atoms with Crippen LogP contribution in [0.4, 0.5) is 13.2 Å². The molecule has 156 valence electrons. The van der Waals surface area contributed by atoms with Crippen LogP contribution in [0.3, 0.4) is 0 Å². The van der Waals surface area contributed by atoms with Gasteiger partial charge in [0.1, 0.15) is 0 Å². The lowest BCUT2D eigenvalue weighted by Gasteiger charge is -2.06. The van der Waals surface area contributed by atoms with Gasteiger partial charge >= 0.3 is 24.0 Å². The Balaban J connectivity index is -0.000000411. The van der Waals surface area contributed by atoms with E-state index < -0.39 is 24.0 Å². The standard InChI is InChI=1S/C8H12F3NO3.C6H13NO2.CH4O/c9-8(10,11)7(15)12-5-3-1-2-4-6(13)14;7-5-3-1-2-4-6(8)9;1-2/h1-5H2,(H,12,15)(H,13,14);1-5,7H2,(H,8,9);2H,1H3. The summed E-state index contributed by atoms with van der Waals surface area (Å²) in [7, 11) is 1.00. The predicted molar refractivity (Wildman–Crippen MR) is 88.5 cm³/mol. The highest BCUT2D eigenvalue weighted by atomic mass is 19.4. The summed E-state index contributed by atoms with van der Waals surface area (Å²) in [4.78, 5) is 30.3. The first-order valence-corrected chi connectivity index (χ1v) is 8.04. The van der Waals surface area contributed by atoms with Gasteiger partial charge in [0.15, 0.2) is 0 Å². The minimum atomic E-state index is -4.85. The highest BCUT2D eigenvalue weighted by Gasteiger charge is 2.38. The van der Waals surface area contributed by atoms with E-state index in [-0.39, 0.29) is 19.4 Å². The molecule has 6 N–H and O–H groups in total. The van der Waals surface area contributed by atoms with Crippen LogP contribution in [0.15, 0.2) is 0 Å². The Bertz CT molecular complexity index is 379. The number of nitrogens with two attached hydrogens (primary N) is 1. The zero-order chi connectivity index (χ0) is 21.0. The summed E-state index contributed by atoms with van der Waals surface area (Å²) < 4.78 is 34.9. The maximum absolute atomic E-state index is 11.6. The van der Waals surface area contributed by atoms with E-state index in [1.165, 1.54) is 0 Å². The van der Waals surface area contributed by atoms with Gasteiger partial charge in [-0.1, -0.05) is 12.8 Å². The zero-order valence-electron chi connectivity index (χ0n) is 14.8. The van der Waals surface area contributed by atoms with Gasteiger partial charge in [-0.15, -0.1) is 0 Å². The summed E-state index contributed by atoms with van der Waals surface area (Å²) in [6.45, 7) is 0.581. The van der Waals surface area contributed by atoms with Gasteiger partial charge in [0.05, 0.1) is 0 Å². The minimum absolute atomic E-state index is 0.00673. The second-order valence-electron chi connectivity index (χ2n) is 4.95. The van der Waals surface area contributed by atoms with E-state index in [1.807, 2.05) is 0 Å². The van der Waals surface area contributed by atoms with Crippen molar-refractivity contribution < 1.29 is 42.9 Å². The van der Waals surface area contributed by atoms with E-state index in [4.69, 9.17) is 21.1 Å². The molecule has 0 atom stereocenters. The van der Waals surface area contributed by atoms with E-state index >= 15 is 0 Å². The Labute approximate surface area is 150 Å². The quantitative estimate of drug-likeness (QED) is 0.336. The molecule has 0 bridgehead atoms. The largest absolute Gasteiger partial charge is 0.481 e. The SMILES string of the molecule is CO.NCCCCCC(=O)O.O=C(O)CCCCCNC(=O)C(F)(F)F. The van der Waals surface area contributed by atoms with Gasteiger partial charge in [0, 0.05) is 26.5 Å². The zero-order valence-corrected chi connectivity index (χ0v) is 14.8. The van der Waals surface area contributed by atoms with E-state index in [2.05, 4.69) is 0 Å². The normalized spacial score (nSPS) is 9.92. The number of unbranched alkanes of at least 4 members (excludes halogenated alkanes) is 4. The fourth-order valence-electron chi connectivity index (χ4n) is 1.48. The molecule has 0 aliphatic heterocycles. The van der Waals surface area contributed by atoms with Crippen molar-refractivity contribution in [2.45, 2.75) is 57.5 Å². The summed E-state index contributed by atoms with van der Waals surface area (Å²) >= 11 is 0. The second kappa shape index (κ2) is 19.4. The van der Waals surface area contributed by atoms with Gasteiger partial charge in [-0.05, 0) is 32.2 Å². The molecule has 0 fully saturated rings. The highest BCUT2D eigenvalue weighted by Crippen LogP contribution is 2.13. The molecule has 0 aromatic carbocycles. The van der Waals surface area contributed by atoms with Crippen LogP contribution in [0, 0.1) is 0 Å².